The monoisotopic (exact) mass is 334 g/mol. The van der Waals surface area contributed by atoms with E-state index in [2.05, 4.69) is 5.10 Å². The number of halogens is 4. The Morgan fingerprint density at radius 3 is 2.55 bits per heavy atom. The maximum Gasteiger partial charge on any atom is 0.418 e. The molecule has 0 saturated heterocycles. The van der Waals surface area contributed by atoms with Crippen LogP contribution in [0.1, 0.15) is 16.1 Å². The molecule has 116 valence electrons. The molecular weight excluding hydrogens is 329 g/mol. The summed E-state index contributed by atoms with van der Waals surface area (Å²) >= 11 is 5.50. The number of rotatable bonds is 2. The summed E-state index contributed by atoms with van der Waals surface area (Å²) in [6.45, 7) is 0. The molecule has 0 spiro atoms. The highest BCUT2D eigenvalue weighted by molar-refractivity contribution is 6.30. The lowest BCUT2D eigenvalue weighted by Gasteiger charge is -2.13. The van der Waals surface area contributed by atoms with Crippen LogP contribution in [0.4, 0.5) is 18.9 Å². The van der Waals surface area contributed by atoms with Crippen LogP contribution in [0.3, 0.4) is 0 Å². The third-order valence-corrected chi connectivity index (χ3v) is 2.70. The fraction of sp³-hybridized carbons (Fsp3) is 0.0909. The molecule has 0 atom stereocenters. The lowest BCUT2D eigenvalue weighted by atomic mass is 10.1. The van der Waals surface area contributed by atoms with Gasteiger partial charge in [-0.15, -0.1) is 0 Å². The summed E-state index contributed by atoms with van der Waals surface area (Å²) in [6.07, 6.45) is -4.77. The summed E-state index contributed by atoms with van der Waals surface area (Å²) in [4.78, 5) is 35.7. The Morgan fingerprint density at radius 1 is 1.27 bits per heavy atom. The number of aromatic nitrogens is 3. The summed E-state index contributed by atoms with van der Waals surface area (Å²) in [5, 5.41) is 6.70. The molecule has 2 aromatic rings. The molecule has 0 aliphatic rings. The van der Waals surface area contributed by atoms with E-state index in [1.54, 1.807) is 10.1 Å². The van der Waals surface area contributed by atoms with Crippen LogP contribution in [0.5, 0.6) is 0 Å². The molecule has 0 radical (unpaired) electrons. The molecule has 11 heteroatoms. The molecule has 2 rings (SSSR count). The lowest BCUT2D eigenvalue weighted by molar-refractivity contribution is -0.136. The molecule has 1 heterocycles. The maximum atomic E-state index is 12.9. The standard InChI is InChI=1S/C11H6ClF3N4O3/c12-4-1-2-6(5(3-4)11(13,14)15)16-8(20)7-9(21)17-10(22)19-18-7/h1-3H,(H,16,20)(H2,17,19,21,22). The van der Waals surface area contributed by atoms with Gasteiger partial charge in [0.1, 0.15) is 0 Å². The second kappa shape index (κ2) is 5.64. The van der Waals surface area contributed by atoms with E-state index in [4.69, 9.17) is 11.6 Å². The number of hydrogen-bond donors (Lipinski definition) is 3. The zero-order valence-corrected chi connectivity index (χ0v) is 11.2. The van der Waals surface area contributed by atoms with Crippen LogP contribution in [-0.2, 0) is 6.18 Å². The number of nitrogens with one attached hydrogen (secondary N) is 3. The predicted molar refractivity (Wildman–Crippen MR) is 69.9 cm³/mol. The van der Waals surface area contributed by atoms with Gasteiger partial charge in [0.05, 0.1) is 11.3 Å². The average Bonchev–Trinajstić information content (AvgIpc) is 2.39. The van der Waals surface area contributed by atoms with Gasteiger partial charge in [0.2, 0.25) is 5.69 Å². The van der Waals surface area contributed by atoms with Crippen LogP contribution in [0, 0.1) is 0 Å². The Balaban J connectivity index is 2.41. The van der Waals surface area contributed by atoms with E-state index < -0.39 is 40.3 Å². The number of benzene rings is 1. The molecule has 0 unspecified atom stereocenters. The van der Waals surface area contributed by atoms with Crippen molar-refractivity contribution in [3.8, 4) is 0 Å². The summed E-state index contributed by atoms with van der Waals surface area (Å²) in [5.41, 5.74) is -4.67. The average molecular weight is 335 g/mol. The quantitative estimate of drug-likeness (QED) is 0.771. The zero-order valence-electron chi connectivity index (χ0n) is 10.4. The first-order valence-electron chi connectivity index (χ1n) is 5.55. The van der Waals surface area contributed by atoms with Gasteiger partial charge < -0.3 is 5.32 Å². The Kier molecular flexibility index (Phi) is 4.04. The Labute approximate surface area is 124 Å². The fourth-order valence-corrected chi connectivity index (χ4v) is 1.72. The molecule has 0 saturated carbocycles. The summed E-state index contributed by atoms with van der Waals surface area (Å²) in [5.74, 6) is -1.22. The second-order valence-electron chi connectivity index (χ2n) is 4.00. The van der Waals surface area contributed by atoms with E-state index >= 15 is 0 Å². The third-order valence-electron chi connectivity index (χ3n) is 2.46. The van der Waals surface area contributed by atoms with Gasteiger partial charge >= 0.3 is 11.9 Å². The Hall–Kier alpha value is -2.62. The second-order valence-corrected chi connectivity index (χ2v) is 4.43. The molecule has 1 amide bonds. The number of alkyl halides is 3. The SMILES string of the molecule is O=C(Nc1ccc(Cl)cc1C(F)(F)F)c1n[nH]c(=O)[nH]c1=O. The molecule has 0 aliphatic carbocycles. The number of carbonyl (C=O) groups is 1. The zero-order chi connectivity index (χ0) is 16.5. The molecular formula is C11H6ClF3N4O3. The molecule has 1 aromatic carbocycles. The molecule has 0 fully saturated rings. The van der Waals surface area contributed by atoms with E-state index in [1.807, 2.05) is 5.32 Å². The smallest absolute Gasteiger partial charge is 0.320 e. The first-order chi connectivity index (χ1) is 10.2. The van der Waals surface area contributed by atoms with Gasteiger partial charge in [-0.25, -0.2) is 9.89 Å². The molecule has 0 bridgehead atoms. The fourth-order valence-electron chi connectivity index (χ4n) is 1.54. The van der Waals surface area contributed by atoms with Gasteiger partial charge in [0, 0.05) is 5.02 Å². The van der Waals surface area contributed by atoms with Crippen LogP contribution in [0.25, 0.3) is 0 Å². The van der Waals surface area contributed by atoms with Crippen molar-refractivity contribution in [3.63, 3.8) is 0 Å². The van der Waals surface area contributed by atoms with Crippen LogP contribution >= 0.6 is 11.6 Å². The van der Waals surface area contributed by atoms with Gasteiger partial charge in [-0.1, -0.05) is 11.6 Å². The minimum Gasteiger partial charge on any atom is -0.320 e. The first kappa shape index (κ1) is 15.8. The van der Waals surface area contributed by atoms with Gasteiger partial charge in [-0.3, -0.25) is 14.6 Å². The van der Waals surface area contributed by atoms with E-state index in [0.29, 0.717) is 6.07 Å². The highest BCUT2D eigenvalue weighted by Gasteiger charge is 2.34. The van der Waals surface area contributed by atoms with Crippen molar-refractivity contribution < 1.29 is 18.0 Å². The van der Waals surface area contributed by atoms with Crippen LogP contribution in [0.15, 0.2) is 27.8 Å². The topological polar surface area (TPSA) is 108 Å². The number of hydrogen-bond acceptors (Lipinski definition) is 4. The Morgan fingerprint density at radius 2 is 1.95 bits per heavy atom. The van der Waals surface area contributed by atoms with Crippen molar-refractivity contribution in [1.29, 1.82) is 0 Å². The van der Waals surface area contributed by atoms with E-state index in [1.165, 1.54) is 0 Å². The van der Waals surface area contributed by atoms with Crippen LogP contribution in [0.2, 0.25) is 5.02 Å². The van der Waals surface area contributed by atoms with Crippen LogP contribution < -0.4 is 16.6 Å². The third kappa shape index (κ3) is 3.34. The van der Waals surface area contributed by atoms with E-state index in [0.717, 1.165) is 12.1 Å². The van der Waals surface area contributed by atoms with Gasteiger partial charge in [0.25, 0.3) is 11.5 Å². The highest BCUT2D eigenvalue weighted by Crippen LogP contribution is 2.36. The van der Waals surface area contributed by atoms with E-state index in [-0.39, 0.29) is 5.02 Å². The van der Waals surface area contributed by atoms with Crippen molar-refractivity contribution in [2.75, 3.05) is 5.32 Å². The number of anilines is 1. The molecule has 22 heavy (non-hydrogen) atoms. The summed E-state index contributed by atoms with van der Waals surface area (Å²) < 4.78 is 38.6. The van der Waals surface area contributed by atoms with Crippen LogP contribution in [-0.4, -0.2) is 21.1 Å². The van der Waals surface area contributed by atoms with Crippen molar-refractivity contribution in [2.45, 2.75) is 6.18 Å². The van der Waals surface area contributed by atoms with Gasteiger partial charge in [-0.05, 0) is 18.2 Å². The molecule has 3 N–H and O–H groups in total. The molecule has 0 aliphatic heterocycles. The maximum absolute atomic E-state index is 12.9. The number of nitrogens with zero attached hydrogens (tertiary/aromatic N) is 1. The van der Waals surface area contributed by atoms with Crippen molar-refractivity contribution in [3.05, 3.63) is 55.3 Å². The van der Waals surface area contributed by atoms with Crippen molar-refractivity contribution in [1.82, 2.24) is 15.2 Å². The van der Waals surface area contributed by atoms with E-state index in [9.17, 15) is 27.6 Å². The largest absolute Gasteiger partial charge is 0.418 e. The first-order valence-corrected chi connectivity index (χ1v) is 5.93. The minimum atomic E-state index is -4.77. The van der Waals surface area contributed by atoms with Crippen molar-refractivity contribution >= 4 is 23.2 Å². The summed E-state index contributed by atoms with van der Waals surface area (Å²) in [7, 11) is 0. The number of H-pyrrole nitrogens is 2. The minimum absolute atomic E-state index is 0.176. The predicted octanol–water partition coefficient (Wildman–Crippen LogP) is 1.38. The number of aromatic amines is 2. The highest BCUT2D eigenvalue weighted by atomic mass is 35.5. The number of carbonyl (C=O) groups excluding carboxylic acids is 1. The Bertz CT molecular complexity index is 843. The van der Waals surface area contributed by atoms with Crippen molar-refractivity contribution in [2.24, 2.45) is 0 Å². The van der Waals surface area contributed by atoms with Gasteiger partial charge in [-0.2, -0.15) is 18.3 Å². The molecule has 1 aromatic heterocycles. The summed E-state index contributed by atoms with van der Waals surface area (Å²) in [6, 6.07) is 2.70. The lowest BCUT2D eigenvalue weighted by Crippen LogP contribution is -2.32. The normalized spacial score (nSPS) is 11.3. The molecule has 7 nitrogen and oxygen atoms in total. The number of amides is 1. The van der Waals surface area contributed by atoms with Gasteiger partial charge in [0.15, 0.2) is 0 Å².